The zero-order valence-electron chi connectivity index (χ0n) is 30.0. The van der Waals surface area contributed by atoms with Crippen molar-refractivity contribution in [1.29, 1.82) is 0 Å². The second-order valence-corrected chi connectivity index (χ2v) is 15.5. The molecule has 0 saturated heterocycles. The Morgan fingerprint density at radius 1 is 0.357 bits per heavy atom. The maximum absolute atomic E-state index is 5.40. The van der Waals surface area contributed by atoms with Crippen molar-refractivity contribution in [2.45, 2.75) is 0 Å². The molecule has 3 heterocycles. The van der Waals surface area contributed by atoms with Gasteiger partial charge in [-0.25, -0.2) is 15.0 Å². The summed E-state index contributed by atoms with van der Waals surface area (Å²) >= 11 is 1.79. The molecule has 0 saturated carbocycles. The lowest BCUT2D eigenvalue weighted by Crippen LogP contribution is -2.02. The summed E-state index contributed by atoms with van der Waals surface area (Å²) in [7, 11) is 0. The standard InChI is InChI=1S/C51H30N4S/c1-2-13-32-26-36(25-24-31(32)12-1)49-52-50(42-21-11-20-41-40-19-8-10-23-47(40)56-48(41)42)54-51(53-49)44-30-37(27-35-16-5-6-17-38(35)44)55-45-22-9-7-18-39(45)43-28-33-14-3-4-15-34(33)29-46(43)55/h1-30H. The van der Waals surface area contributed by atoms with Crippen molar-refractivity contribution in [2.24, 2.45) is 0 Å². The van der Waals surface area contributed by atoms with E-state index in [1.54, 1.807) is 11.3 Å². The molecule has 0 radical (unpaired) electrons. The van der Waals surface area contributed by atoms with Crippen LogP contribution in [0, 0.1) is 0 Å². The zero-order valence-corrected chi connectivity index (χ0v) is 30.8. The van der Waals surface area contributed by atoms with Gasteiger partial charge in [0.15, 0.2) is 17.5 Å². The van der Waals surface area contributed by atoms with Gasteiger partial charge in [0.2, 0.25) is 0 Å². The van der Waals surface area contributed by atoms with Crippen LogP contribution >= 0.6 is 11.3 Å². The van der Waals surface area contributed by atoms with E-state index in [0.29, 0.717) is 17.5 Å². The van der Waals surface area contributed by atoms with Crippen molar-refractivity contribution >= 4 is 85.6 Å². The van der Waals surface area contributed by atoms with Crippen LogP contribution < -0.4 is 0 Å². The fourth-order valence-corrected chi connectivity index (χ4v) is 9.75. The average molecular weight is 731 g/mol. The molecule has 0 amide bonds. The first-order valence-corrected chi connectivity index (χ1v) is 19.7. The Balaban J connectivity index is 1.15. The van der Waals surface area contributed by atoms with Gasteiger partial charge in [0.25, 0.3) is 0 Å². The number of aromatic nitrogens is 4. The van der Waals surface area contributed by atoms with Gasteiger partial charge in [-0.3, -0.25) is 0 Å². The number of hydrogen-bond donors (Lipinski definition) is 0. The Morgan fingerprint density at radius 2 is 0.982 bits per heavy atom. The molecule has 0 aliphatic heterocycles. The lowest BCUT2D eigenvalue weighted by Gasteiger charge is -2.15. The topological polar surface area (TPSA) is 43.6 Å². The van der Waals surface area contributed by atoms with Gasteiger partial charge < -0.3 is 4.57 Å². The first-order chi connectivity index (χ1) is 27.7. The first-order valence-electron chi connectivity index (χ1n) is 18.8. The molecule has 3 aromatic heterocycles. The summed E-state index contributed by atoms with van der Waals surface area (Å²) in [4.78, 5) is 16.0. The number of rotatable bonds is 4. The molecule has 0 atom stereocenters. The van der Waals surface area contributed by atoms with E-state index in [2.05, 4.69) is 187 Å². The predicted molar refractivity (Wildman–Crippen MR) is 236 cm³/mol. The van der Waals surface area contributed by atoms with E-state index in [9.17, 15) is 0 Å². The van der Waals surface area contributed by atoms with Crippen LogP contribution in [0.1, 0.15) is 0 Å². The molecule has 260 valence electrons. The molecular weight excluding hydrogens is 701 g/mol. The molecule has 9 aromatic carbocycles. The Hall–Kier alpha value is -7.21. The number of nitrogens with zero attached hydrogens (tertiary/aromatic N) is 4. The van der Waals surface area contributed by atoms with Gasteiger partial charge >= 0.3 is 0 Å². The second-order valence-electron chi connectivity index (χ2n) is 14.4. The van der Waals surface area contributed by atoms with Crippen molar-refractivity contribution in [1.82, 2.24) is 19.5 Å². The fraction of sp³-hybridized carbons (Fsp3) is 0. The summed E-state index contributed by atoms with van der Waals surface area (Å²) in [5.41, 5.74) is 6.29. The number of benzene rings is 9. The third kappa shape index (κ3) is 4.81. The lowest BCUT2D eigenvalue weighted by molar-refractivity contribution is 1.08. The van der Waals surface area contributed by atoms with Crippen molar-refractivity contribution < 1.29 is 0 Å². The van der Waals surface area contributed by atoms with Gasteiger partial charge in [-0.2, -0.15) is 0 Å². The Labute approximate surface area is 325 Å². The van der Waals surface area contributed by atoms with E-state index in [1.165, 1.54) is 47.1 Å². The summed E-state index contributed by atoms with van der Waals surface area (Å²) in [5.74, 6) is 1.94. The van der Waals surface area contributed by atoms with Crippen molar-refractivity contribution in [3.8, 4) is 39.9 Å². The molecule has 0 aliphatic rings. The molecule has 0 unspecified atom stereocenters. The molecule has 0 aliphatic carbocycles. The summed E-state index contributed by atoms with van der Waals surface area (Å²) in [5, 5.41) is 11.9. The number of fused-ring (bicyclic) bond motifs is 9. The molecule has 4 nitrogen and oxygen atoms in total. The highest BCUT2D eigenvalue weighted by molar-refractivity contribution is 7.26. The maximum Gasteiger partial charge on any atom is 0.165 e. The van der Waals surface area contributed by atoms with Gasteiger partial charge in [0, 0.05) is 53.3 Å². The van der Waals surface area contributed by atoms with E-state index in [1.807, 2.05) is 0 Å². The molecule has 0 spiro atoms. The highest BCUT2D eigenvalue weighted by atomic mass is 32.1. The van der Waals surface area contributed by atoms with Crippen LogP contribution in [0.3, 0.4) is 0 Å². The van der Waals surface area contributed by atoms with E-state index in [-0.39, 0.29) is 0 Å². The van der Waals surface area contributed by atoms with Crippen LogP contribution in [0.2, 0.25) is 0 Å². The largest absolute Gasteiger partial charge is 0.309 e. The third-order valence-corrected chi connectivity index (χ3v) is 12.4. The average Bonchev–Trinajstić information content (AvgIpc) is 3.80. The van der Waals surface area contributed by atoms with Gasteiger partial charge in [0.1, 0.15) is 0 Å². The van der Waals surface area contributed by atoms with Gasteiger partial charge in [-0.05, 0) is 80.8 Å². The summed E-state index contributed by atoms with van der Waals surface area (Å²) in [6, 6.07) is 65.1. The monoisotopic (exact) mass is 730 g/mol. The van der Waals surface area contributed by atoms with Crippen LogP contribution in [0.25, 0.3) is 114 Å². The molecular formula is C51H30N4S. The fourth-order valence-electron chi connectivity index (χ4n) is 8.54. The lowest BCUT2D eigenvalue weighted by atomic mass is 10.0. The number of hydrogen-bond acceptors (Lipinski definition) is 4. The van der Waals surface area contributed by atoms with E-state index >= 15 is 0 Å². The van der Waals surface area contributed by atoms with Crippen molar-refractivity contribution in [2.75, 3.05) is 0 Å². The second kappa shape index (κ2) is 12.2. The summed E-state index contributed by atoms with van der Waals surface area (Å²) in [6.45, 7) is 0. The minimum absolute atomic E-state index is 0.639. The van der Waals surface area contributed by atoms with E-state index in [4.69, 9.17) is 15.0 Å². The number of para-hydroxylation sites is 1. The van der Waals surface area contributed by atoms with Gasteiger partial charge in [-0.15, -0.1) is 11.3 Å². The van der Waals surface area contributed by atoms with Crippen LogP contribution in [0.5, 0.6) is 0 Å². The smallest absolute Gasteiger partial charge is 0.165 e. The predicted octanol–water partition coefficient (Wildman–Crippen LogP) is 13.8. The van der Waals surface area contributed by atoms with Crippen molar-refractivity contribution in [3.63, 3.8) is 0 Å². The molecule has 56 heavy (non-hydrogen) atoms. The minimum Gasteiger partial charge on any atom is -0.309 e. The Morgan fingerprint density at radius 3 is 1.82 bits per heavy atom. The SMILES string of the molecule is c1ccc2cc(-c3nc(-c4cc(-n5c6ccccc6c6cc7ccccc7cc65)cc5ccccc45)nc(-c4cccc5c4sc4ccccc45)n3)ccc2c1. The molecule has 12 rings (SSSR count). The molecule has 0 N–H and O–H groups in total. The van der Waals surface area contributed by atoms with Crippen LogP contribution in [-0.2, 0) is 0 Å². The Kier molecular flexibility index (Phi) is 6.76. The van der Waals surface area contributed by atoms with Gasteiger partial charge in [0.05, 0.1) is 11.0 Å². The molecule has 5 heteroatoms. The molecule has 0 bridgehead atoms. The normalized spacial score (nSPS) is 11.9. The van der Waals surface area contributed by atoms with Crippen LogP contribution in [0.4, 0.5) is 0 Å². The zero-order chi connectivity index (χ0) is 36.7. The summed E-state index contributed by atoms with van der Waals surface area (Å²) < 4.78 is 4.82. The van der Waals surface area contributed by atoms with Crippen LogP contribution in [0.15, 0.2) is 182 Å². The highest BCUT2D eigenvalue weighted by Gasteiger charge is 2.20. The quantitative estimate of drug-likeness (QED) is 0.181. The van der Waals surface area contributed by atoms with Gasteiger partial charge in [-0.1, -0.05) is 133 Å². The first kappa shape index (κ1) is 31.2. The van der Waals surface area contributed by atoms with E-state index < -0.39 is 0 Å². The number of thiophene rings is 1. The third-order valence-electron chi connectivity index (χ3n) is 11.2. The minimum atomic E-state index is 0.639. The van der Waals surface area contributed by atoms with Crippen molar-refractivity contribution in [3.05, 3.63) is 182 Å². The Bertz CT molecular complexity index is 3560. The summed E-state index contributed by atoms with van der Waals surface area (Å²) in [6.07, 6.45) is 0. The molecule has 0 fully saturated rings. The maximum atomic E-state index is 5.40. The van der Waals surface area contributed by atoms with E-state index in [0.717, 1.165) is 49.6 Å². The van der Waals surface area contributed by atoms with Crippen LogP contribution in [-0.4, -0.2) is 19.5 Å². The highest BCUT2D eigenvalue weighted by Crippen LogP contribution is 2.41. The molecule has 12 aromatic rings.